The molecule has 1 saturated heterocycles. The number of methoxy groups -OCH3 is 1. The molecule has 0 unspecified atom stereocenters. The molecular formula is C21H23N3O2. The van der Waals surface area contributed by atoms with Crippen molar-refractivity contribution < 1.29 is 4.74 Å². The van der Waals surface area contributed by atoms with E-state index in [2.05, 4.69) is 27.0 Å². The number of likely N-dealkylation sites (tertiary alicyclic amines) is 1. The number of nitrogens with one attached hydrogen (secondary N) is 1. The number of fused-ring (bicyclic) bond motifs is 1. The summed E-state index contributed by atoms with van der Waals surface area (Å²) in [6.45, 7) is 1.71. The van der Waals surface area contributed by atoms with E-state index in [4.69, 9.17) is 4.74 Å². The third-order valence-electron chi connectivity index (χ3n) is 5.12. The van der Waals surface area contributed by atoms with Crippen molar-refractivity contribution in [1.29, 1.82) is 0 Å². The van der Waals surface area contributed by atoms with Gasteiger partial charge in [-0.15, -0.1) is 0 Å². The molecule has 1 N–H and O–H groups in total. The molecule has 3 aromatic rings. The van der Waals surface area contributed by atoms with Gasteiger partial charge in [0.15, 0.2) is 0 Å². The monoisotopic (exact) mass is 349 g/mol. The minimum Gasteiger partial charge on any atom is -0.497 e. The topological polar surface area (TPSA) is 58.2 Å². The maximum absolute atomic E-state index is 12.3. The molecule has 5 heteroatoms. The van der Waals surface area contributed by atoms with E-state index < -0.39 is 0 Å². The van der Waals surface area contributed by atoms with Crippen LogP contribution in [-0.2, 0) is 13.0 Å². The highest BCUT2D eigenvalue weighted by Crippen LogP contribution is 2.24. The first-order chi connectivity index (χ1) is 12.7. The Kier molecular flexibility index (Phi) is 4.71. The summed E-state index contributed by atoms with van der Waals surface area (Å²) in [4.78, 5) is 22.3. The molecule has 0 spiro atoms. The first-order valence-corrected chi connectivity index (χ1v) is 9.08. The molecule has 1 atom stereocenters. The molecule has 2 heterocycles. The SMILES string of the molecule is COc1cccc(C[C@@H]2CCCN2Cc2nc3ccccc3c(=O)[nH]2)c1. The molecule has 5 nitrogen and oxygen atoms in total. The maximum atomic E-state index is 12.3. The number of para-hydroxylation sites is 1. The lowest BCUT2D eigenvalue weighted by Gasteiger charge is -2.24. The Balaban J connectivity index is 1.53. The molecule has 26 heavy (non-hydrogen) atoms. The lowest BCUT2D eigenvalue weighted by molar-refractivity contribution is 0.238. The second-order valence-electron chi connectivity index (χ2n) is 6.85. The summed E-state index contributed by atoms with van der Waals surface area (Å²) in [5.74, 6) is 1.64. The molecule has 1 aliphatic rings. The number of H-pyrrole nitrogens is 1. The number of ether oxygens (including phenoxy) is 1. The van der Waals surface area contributed by atoms with Gasteiger partial charge in [0.05, 0.1) is 24.6 Å². The average molecular weight is 349 g/mol. The fourth-order valence-corrected chi connectivity index (χ4v) is 3.81. The fraction of sp³-hybridized carbons (Fsp3) is 0.333. The highest BCUT2D eigenvalue weighted by Gasteiger charge is 2.25. The number of aromatic amines is 1. The largest absolute Gasteiger partial charge is 0.497 e. The van der Waals surface area contributed by atoms with Crippen molar-refractivity contribution in [2.75, 3.05) is 13.7 Å². The van der Waals surface area contributed by atoms with E-state index in [-0.39, 0.29) is 5.56 Å². The summed E-state index contributed by atoms with van der Waals surface area (Å²) >= 11 is 0. The third-order valence-corrected chi connectivity index (χ3v) is 5.12. The third kappa shape index (κ3) is 3.48. The number of hydrogen-bond donors (Lipinski definition) is 1. The van der Waals surface area contributed by atoms with E-state index >= 15 is 0 Å². The molecule has 2 aromatic carbocycles. The quantitative estimate of drug-likeness (QED) is 0.769. The Labute approximate surface area is 152 Å². The molecule has 0 saturated carbocycles. The van der Waals surface area contributed by atoms with Crippen LogP contribution in [0.5, 0.6) is 5.75 Å². The molecule has 1 aliphatic heterocycles. The summed E-state index contributed by atoms with van der Waals surface area (Å²) in [6.07, 6.45) is 3.32. The fourth-order valence-electron chi connectivity index (χ4n) is 3.81. The molecule has 1 aromatic heterocycles. The van der Waals surface area contributed by atoms with Crippen molar-refractivity contribution in [2.24, 2.45) is 0 Å². The van der Waals surface area contributed by atoms with E-state index in [1.54, 1.807) is 7.11 Å². The van der Waals surface area contributed by atoms with Crippen LogP contribution in [0.1, 0.15) is 24.2 Å². The molecule has 0 radical (unpaired) electrons. The number of hydrogen-bond acceptors (Lipinski definition) is 4. The van der Waals surface area contributed by atoms with Crippen LogP contribution in [0.2, 0.25) is 0 Å². The van der Waals surface area contributed by atoms with Gasteiger partial charge >= 0.3 is 0 Å². The highest BCUT2D eigenvalue weighted by atomic mass is 16.5. The van der Waals surface area contributed by atoms with Gasteiger partial charge < -0.3 is 9.72 Å². The molecule has 0 aliphatic carbocycles. The minimum atomic E-state index is -0.0610. The van der Waals surface area contributed by atoms with Gasteiger partial charge in [-0.3, -0.25) is 9.69 Å². The average Bonchev–Trinajstić information content (AvgIpc) is 3.08. The van der Waals surface area contributed by atoms with Gasteiger partial charge in [-0.05, 0) is 55.6 Å². The Morgan fingerprint density at radius 3 is 3.00 bits per heavy atom. The second kappa shape index (κ2) is 7.30. The molecule has 134 valence electrons. The summed E-state index contributed by atoms with van der Waals surface area (Å²) in [5, 5.41) is 0.644. The van der Waals surface area contributed by atoms with Crippen LogP contribution in [0, 0.1) is 0 Å². The predicted molar refractivity (Wildman–Crippen MR) is 102 cm³/mol. The van der Waals surface area contributed by atoms with Crippen molar-refractivity contribution in [3.05, 3.63) is 70.3 Å². The second-order valence-corrected chi connectivity index (χ2v) is 6.85. The molecule has 0 bridgehead atoms. The lowest BCUT2D eigenvalue weighted by Crippen LogP contribution is -2.32. The van der Waals surface area contributed by atoms with Gasteiger partial charge in [-0.25, -0.2) is 4.98 Å². The normalized spacial score (nSPS) is 17.7. The van der Waals surface area contributed by atoms with Crippen LogP contribution in [0.3, 0.4) is 0 Å². The van der Waals surface area contributed by atoms with Crippen LogP contribution in [-0.4, -0.2) is 34.6 Å². The minimum absolute atomic E-state index is 0.0610. The molecular weight excluding hydrogens is 326 g/mol. The highest BCUT2D eigenvalue weighted by molar-refractivity contribution is 5.77. The summed E-state index contributed by atoms with van der Waals surface area (Å²) in [7, 11) is 1.70. The Hall–Kier alpha value is -2.66. The van der Waals surface area contributed by atoms with E-state index in [0.29, 0.717) is 18.0 Å². The summed E-state index contributed by atoms with van der Waals surface area (Å²) in [5.41, 5.74) is 1.98. The van der Waals surface area contributed by atoms with Gasteiger partial charge in [0.1, 0.15) is 11.6 Å². The van der Waals surface area contributed by atoms with Crippen molar-refractivity contribution in [2.45, 2.75) is 31.8 Å². The van der Waals surface area contributed by atoms with E-state index in [9.17, 15) is 4.79 Å². The summed E-state index contributed by atoms with van der Waals surface area (Å²) < 4.78 is 5.33. The zero-order valence-electron chi connectivity index (χ0n) is 14.9. The Bertz CT molecular complexity index is 967. The maximum Gasteiger partial charge on any atom is 0.258 e. The lowest BCUT2D eigenvalue weighted by atomic mass is 10.0. The first-order valence-electron chi connectivity index (χ1n) is 9.08. The van der Waals surface area contributed by atoms with Gasteiger partial charge in [0, 0.05) is 6.04 Å². The van der Waals surface area contributed by atoms with E-state index in [0.717, 1.165) is 36.5 Å². The number of aromatic nitrogens is 2. The first kappa shape index (κ1) is 16.8. The molecule has 0 amide bonds. The van der Waals surface area contributed by atoms with Gasteiger partial charge in [0.25, 0.3) is 5.56 Å². The van der Waals surface area contributed by atoms with Crippen LogP contribution >= 0.6 is 0 Å². The van der Waals surface area contributed by atoms with Crippen LogP contribution in [0.4, 0.5) is 0 Å². The zero-order valence-corrected chi connectivity index (χ0v) is 14.9. The number of rotatable bonds is 5. The Morgan fingerprint density at radius 1 is 1.23 bits per heavy atom. The number of nitrogens with zero attached hydrogens (tertiary/aromatic N) is 2. The van der Waals surface area contributed by atoms with Crippen LogP contribution in [0.15, 0.2) is 53.3 Å². The predicted octanol–water partition coefficient (Wildman–Crippen LogP) is 3.14. The number of benzene rings is 2. The van der Waals surface area contributed by atoms with Gasteiger partial charge in [0.2, 0.25) is 0 Å². The van der Waals surface area contributed by atoms with Crippen molar-refractivity contribution in [3.8, 4) is 5.75 Å². The zero-order chi connectivity index (χ0) is 17.9. The molecule has 4 rings (SSSR count). The standard InChI is InChI=1S/C21H23N3O2/c1-26-17-8-4-6-15(13-17)12-16-7-5-11-24(16)14-20-22-19-10-3-2-9-18(19)21(25)23-20/h2-4,6,8-10,13,16H,5,7,11-12,14H2,1H3,(H,22,23,25)/t16-/m0/s1. The summed E-state index contributed by atoms with van der Waals surface area (Å²) in [6, 6.07) is 16.2. The Morgan fingerprint density at radius 2 is 2.12 bits per heavy atom. The van der Waals surface area contributed by atoms with Gasteiger partial charge in [-0.2, -0.15) is 0 Å². The smallest absolute Gasteiger partial charge is 0.258 e. The van der Waals surface area contributed by atoms with E-state index in [1.807, 2.05) is 36.4 Å². The van der Waals surface area contributed by atoms with Crippen molar-refractivity contribution in [1.82, 2.24) is 14.9 Å². The van der Waals surface area contributed by atoms with Crippen LogP contribution in [0.25, 0.3) is 10.9 Å². The van der Waals surface area contributed by atoms with Crippen molar-refractivity contribution in [3.63, 3.8) is 0 Å². The molecule has 1 fully saturated rings. The van der Waals surface area contributed by atoms with E-state index in [1.165, 1.54) is 12.0 Å². The van der Waals surface area contributed by atoms with Crippen LogP contribution < -0.4 is 10.3 Å². The van der Waals surface area contributed by atoms with Crippen molar-refractivity contribution >= 4 is 10.9 Å². The van der Waals surface area contributed by atoms with Gasteiger partial charge in [-0.1, -0.05) is 24.3 Å².